The van der Waals surface area contributed by atoms with Gasteiger partial charge in [0.2, 0.25) is 0 Å². The zero-order valence-corrected chi connectivity index (χ0v) is 13.2. The summed E-state index contributed by atoms with van der Waals surface area (Å²) in [7, 11) is 0. The van der Waals surface area contributed by atoms with Crippen LogP contribution < -0.4 is 15.8 Å². The quantitative estimate of drug-likeness (QED) is 0.817. The van der Waals surface area contributed by atoms with Crippen LogP contribution in [-0.2, 0) is 11.2 Å². The van der Waals surface area contributed by atoms with Gasteiger partial charge in [-0.1, -0.05) is 24.4 Å². The molecular formula is C15H22N2O2S. The van der Waals surface area contributed by atoms with E-state index in [0.29, 0.717) is 17.2 Å². The number of hydrogen-bond acceptors (Lipinski definition) is 3. The Kier molecular flexibility index (Phi) is 5.51. The molecule has 0 bridgehead atoms. The summed E-state index contributed by atoms with van der Waals surface area (Å²) < 4.78 is 5.61. The molecule has 1 unspecified atom stereocenters. The van der Waals surface area contributed by atoms with E-state index in [1.165, 1.54) is 0 Å². The largest absolute Gasteiger partial charge is 0.481 e. The summed E-state index contributed by atoms with van der Waals surface area (Å²) >= 11 is 4.86. The van der Waals surface area contributed by atoms with Crippen molar-refractivity contribution in [2.24, 2.45) is 5.73 Å². The molecule has 0 aliphatic heterocycles. The predicted octanol–water partition coefficient (Wildman–Crippen LogP) is 2.20. The van der Waals surface area contributed by atoms with Gasteiger partial charge in [0.15, 0.2) is 6.10 Å². The lowest BCUT2D eigenvalue weighted by Gasteiger charge is -2.23. The van der Waals surface area contributed by atoms with E-state index in [-0.39, 0.29) is 11.4 Å². The fourth-order valence-electron chi connectivity index (χ4n) is 1.62. The predicted molar refractivity (Wildman–Crippen MR) is 84.9 cm³/mol. The van der Waals surface area contributed by atoms with Crippen molar-refractivity contribution in [2.45, 2.75) is 45.8 Å². The van der Waals surface area contributed by atoms with Gasteiger partial charge in [0.25, 0.3) is 5.91 Å². The van der Waals surface area contributed by atoms with Crippen LogP contribution in [0.15, 0.2) is 24.3 Å². The first kappa shape index (κ1) is 16.4. The Hall–Kier alpha value is -1.62. The lowest BCUT2D eigenvalue weighted by atomic mass is 10.1. The second-order valence-electron chi connectivity index (χ2n) is 5.79. The lowest BCUT2D eigenvalue weighted by molar-refractivity contribution is -0.128. The average Bonchev–Trinajstić information content (AvgIpc) is 2.28. The second kappa shape index (κ2) is 6.70. The van der Waals surface area contributed by atoms with Crippen LogP contribution in [0, 0.1) is 0 Å². The molecule has 1 aromatic carbocycles. The van der Waals surface area contributed by atoms with E-state index in [0.717, 1.165) is 5.56 Å². The number of hydrogen-bond donors (Lipinski definition) is 2. The van der Waals surface area contributed by atoms with Gasteiger partial charge in [-0.25, -0.2) is 0 Å². The number of nitrogens with two attached hydrogens (primary N) is 1. The fraction of sp³-hybridized carbons (Fsp3) is 0.467. The van der Waals surface area contributed by atoms with Crippen LogP contribution in [0.3, 0.4) is 0 Å². The summed E-state index contributed by atoms with van der Waals surface area (Å²) in [5, 5.41) is 2.88. The Morgan fingerprint density at radius 1 is 1.35 bits per heavy atom. The van der Waals surface area contributed by atoms with Crippen molar-refractivity contribution >= 4 is 23.1 Å². The molecule has 0 fully saturated rings. The number of amides is 1. The molecule has 0 spiro atoms. The molecular weight excluding hydrogens is 272 g/mol. The normalized spacial score (nSPS) is 12.6. The van der Waals surface area contributed by atoms with Crippen LogP contribution in [0.4, 0.5) is 0 Å². The Morgan fingerprint density at radius 3 is 2.35 bits per heavy atom. The fourth-order valence-corrected chi connectivity index (χ4v) is 1.78. The number of carbonyl (C=O) groups excluding carboxylic acids is 1. The van der Waals surface area contributed by atoms with Gasteiger partial charge >= 0.3 is 0 Å². The molecule has 1 aromatic rings. The minimum atomic E-state index is -0.546. The highest BCUT2D eigenvalue weighted by molar-refractivity contribution is 7.80. The molecule has 20 heavy (non-hydrogen) atoms. The molecule has 1 rings (SSSR count). The van der Waals surface area contributed by atoms with Crippen molar-refractivity contribution in [2.75, 3.05) is 0 Å². The third-order valence-corrected chi connectivity index (χ3v) is 2.63. The van der Waals surface area contributed by atoms with Crippen LogP contribution in [0.25, 0.3) is 0 Å². The van der Waals surface area contributed by atoms with Gasteiger partial charge in [0.1, 0.15) is 5.75 Å². The highest BCUT2D eigenvalue weighted by atomic mass is 32.1. The molecule has 0 saturated heterocycles. The van der Waals surface area contributed by atoms with Gasteiger partial charge < -0.3 is 15.8 Å². The standard InChI is InChI=1S/C15H22N2O2S/c1-10(14(18)17-15(2,3)4)19-12-7-5-11(6-8-12)9-13(16)20/h5-8,10H,9H2,1-4H3,(H2,16,20)(H,17,18). The molecule has 1 atom stereocenters. The number of carbonyl (C=O) groups is 1. The third kappa shape index (κ3) is 6.02. The molecule has 0 radical (unpaired) electrons. The number of benzene rings is 1. The third-order valence-electron chi connectivity index (χ3n) is 2.48. The molecule has 3 N–H and O–H groups in total. The van der Waals surface area contributed by atoms with E-state index in [9.17, 15) is 4.79 Å². The Bertz CT molecular complexity index is 478. The summed E-state index contributed by atoms with van der Waals surface area (Å²) in [5.41, 5.74) is 6.25. The smallest absolute Gasteiger partial charge is 0.261 e. The molecule has 110 valence electrons. The molecule has 0 aliphatic rings. The molecule has 1 amide bonds. The Labute approximate surface area is 125 Å². The van der Waals surface area contributed by atoms with Gasteiger partial charge in [-0.2, -0.15) is 0 Å². The maximum absolute atomic E-state index is 11.9. The average molecular weight is 294 g/mol. The second-order valence-corrected chi connectivity index (χ2v) is 6.31. The van der Waals surface area contributed by atoms with Crippen molar-refractivity contribution in [3.05, 3.63) is 29.8 Å². The van der Waals surface area contributed by atoms with E-state index >= 15 is 0 Å². The molecule has 0 heterocycles. The monoisotopic (exact) mass is 294 g/mol. The number of thiocarbonyl (C=S) groups is 1. The van der Waals surface area contributed by atoms with Crippen molar-refractivity contribution < 1.29 is 9.53 Å². The summed E-state index contributed by atoms with van der Waals surface area (Å²) in [4.78, 5) is 12.4. The minimum absolute atomic E-state index is 0.135. The van der Waals surface area contributed by atoms with E-state index in [1.54, 1.807) is 6.92 Å². The van der Waals surface area contributed by atoms with Crippen molar-refractivity contribution in [3.63, 3.8) is 0 Å². The lowest BCUT2D eigenvalue weighted by Crippen LogP contribution is -2.46. The molecule has 4 nitrogen and oxygen atoms in total. The number of rotatable bonds is 5. The zero-order chi connectivity index (χ0) is 15.3. The first-order valence-corrected chi connectivity index (χ1v) is 6.94. The van der Waals surface area contributed by atoms with Crippen LogP contribution in [0.5, 0.6) is 5.75 Å². The summed E-state index contributed by atoms with van der Waals surface area (Å²) in [6, 6.07) is 7.41. The van der Waals surface area contributed by atoms with Crippen molar-refractivity contribution in [1.29, 1.82) is 0 Å². The molecule has 5 heteroatoms. The minimum Gasteiger partial charge on any atom is -0.481 e. The van der Waals surface area contributed by atoms with Crippen LogP contribution in [0.2, 0.25) is 0 Å². The van der Waals surface area contributed by atoms with Crippen molar-refractivity contribution in [3.8, 4) is 5.75 Å². The summed E-state index contributed by atoms with van der Waals surface area (Å²) in [6.07, 6.45) is 0.0195. The van der Waals surface area contributed by atoms with Crippen LogP contribution >= 0.6 is 12.2 Å². The molecule has 0 aliphatic carbocycles. The first-order valence-electron chi connectivity index (χ1n) is 6.53. The SMILES string of the molecule is CC(Oc1ccc(CC(N)=S)cc1)C(=O)NC(C)(C)C. The highest BCUT2D eigenvalue weighted by Crippen LogP contribution is 2.15. The van der Waals surface area contributed by atoms with Gasteiger partial charge in [-0.15, -0.1) is 0 Å². The van der Waals surface area contributed by atoms with Crippen LogP contribution in [-0.4, -0.2) is 22.5 Å². The zero-order valence-electron chi connectivity index (χ0n) is 12.4. The van der Waals surface area contributed by atoms with E-state index in [1.807, 2.05) is 45.0 Å². The molecule has 0 saturated carbocycles. The maximum Gasteiger partial charge on any atom is 0.261 e. The van der Waals surface area contributed by atoms with E-state index in [2.05, 4.69) is 5.32 Å². The highest BCUT2D eigenvalue weighted by Gasteiger charge is 2.20. The van der Waals surface area contributed by atoms with Gasteiger partial charge in [0, 0.05) is 12.0 Å². The maximum atomic E-state index is 11.9. The summed E-state index contributed by atoms with van der Waals surface area (Å²) in [5.74, 6) is 0.512. The van der Waals surface area contributed by atoms with Gasteiger partial charge in [-0.3, -0.25) is 4.79 Å². The topological polar surface area (TPSA) is 64.3 Å². The van der Waals surface area contributed by atoms with Crippen LogP contribution in [0.1, 0.15) is 33.3 Å². The van der Waals surface area contributed by atoms with E-state index < -0.39 is 6.10 Å². The van der Waals surface area contributed by atoms with E-state index in [4.69, 9.17) is 22.7 Å². The Balaban J connectivity index is 2.60. The van der Waals surface area contributed by atoms with Gasteiger partial charge in [-0.05, 0) is 45.4 Å². The van der Waals surface area contributed by atoms with Crippen molar-refractivity contribution in [1.82, 2.24) is 5.32 Å². The number of nitrogens with one attached hydrogen (secondary N) is 1. The molecule has 0 aromatic heterocycles. The van der Waals surface area contributed by atoms with Gasteiger partial charge in [0.05, 0.1) is 4.99 Å². The first-order chi connectivity index (χ1) is 9.17. The Morgan fingerprint density at radius 2 is 1.90 bits per heavy atom. The number of ether oxygens (including phenoxy) is 1. The summed E-state index contributed by atoms with van der Waals surface area (Å²) in [6.45, 7) is 7.52.